The number of nitrogens with one attached hydrogen (secondary N) is 1. The topological polar surface area (TPSA) is 75.7 Å². The molecule has 0 bridgehead atoms. The van der Waals surface area contributed by atoms with Crippen LogP contribution in [0.1, 0.15) is 29.6 Å². The van der Waals surface area contributed by atoms with Crippen LogP contribution in [0.2, 0.25) is 0 Å². The summed E-state index contributed by atoms with van der Waals surface area (Å²) in [5, 5.41) is 2.47. The SMILES string of the molecule is COc1ccc(S(=O)(=O)N2CCCCC2)cc1NC(=O)c1cc(F)cc(F)c1. The molecule has 0 atom stereocenters. The summed E-state index contributed by atoms with van der Waals surface area (Å²) < 4.78 is 59.0. The highest BCUT2D eigenvalue weighted by Crippen LogP contribution is 2.30. The van der Waals surface area contributed by atoms with Gasteiger partial charge in [-0.05, 0) is 43.2 Å². The predicted molar refractivity (Wildman–Crippen MR) is 99.9 cm³/mol. The van der Waals surface area contributed by atoms with Crippen LogP contribution >= 0.6 is 0 Å². The maximum absolute atomic E-state index is 13.4. The van der Waals surface area contributed by atoms with E-state index in [2.05, 4.69) is 5.32 Å². The Bertz CT molecular complexity index is 969. The van der Waals surface area contributed by atoms with E-state index in [1.165, 1.54) is 29.6 Å². The standard InChI is InChI=1S/C19H20F2N2O4S/c1-27-18-6-5-16(28(25,26)23-7-3-2-4-8-23)12-17(18)22-19(24)13-9-14(20)11-15(21)10-13/h5-6,9-12H,2-4,7-8H2,1H3,(H,22,24). The third-order valence-corrected chi connectivity index (χ3v) is 6.39. The fourth-order valence-corrected chi connectivity index (χ4v) is 4.62. The first kappa shape index (κ1) is 20.2. The Kier molecular flexibility index (Phi) is 5.95. The summed E-state index contributed by atoms with van der Waals surface area (Å²) >= 11 is 0. The fourth-order valence-electron chi connectivity index (χ4n) is 3.08. The summed E-state index contributed by atoms with van der Waals surface area (Å²) in [7, 11) is -2.35. The van der Waals surface area contributed by atoms with Crippen LogP contribution in [0.25, 0.3) is 0 Å². The van der Waals surface area contributed by atoms with Crippen molar-refractivity contribution in [2.24, 2.45) is 0 Å². The minimum absolute atomic E-state index is 0.0101. The molecule has 1 aliphatic rings. The van der Waals surface area contributed by atoms with Crippen LogP contribution in [0, 0.1) is 11.6 Å². The number of carbonyl (C=O) groups is 1. The van der Waals surface area contributed by atoms with Crippen molar-refractivity contribution >= 4 is 21.6 Å². The van der Waals surface area contributed by atoms with Crippen LogP contribution in [-0.2, 0) is 10.0 Å². The molecule has 0 aromatic heterocycles. The molecule has 3 rings (SSSR count). The van der Waals surface area contributed by atoms with Crippen molar-refractivity contribution < 1.29 is 26.7 Å². The van der Waals surface area contributed by atoms with Gasteiger partial charge in [0, 0.05) is 24.7 Å². The van der Waals surface area contributed by atoms with E-state index in [0.717, 1.165) is 31.4 Å². The van der Waals surface area contributed by atoms with E-state index in [4.69, 9.17) is 4.74 Å². The number of methoxy groups -OCH3 is 1. The molecular weight excluding hydrogens is 390 g/mol. The van der Waals surface area contributed by atoms with Crippen LogP contribution in [0.3, 0.4) is 0 Å². The minimum atomic E-state index is -3.72. The molecular formula is C19H20F2N2O4S. The number of nitrogens with zero attached hydrogens (tertiary/aromatic N) is 1. The van der Waals surface area contributed by atoms with E-state index in [1.807, 2.05) is 0 Å². The Morgan fingerprint density at radius 3 is 2.29 bits per heavy atom. The largest absolute Gasteiger partial charge is 0.495 e. The summed E-state index contributed by atoms with van der Waals surface area (Å²) in [5.74, 6) is -2.34. The molecule has 6 nitrogen and oxygen atoms in total. The second-order valence-corrected chi connectivity index (χ2v) is 8.38. The number of ether oxygens (including phenoxy) is 1. The number of rotatable bonds is 5. The zero-order chi connectivity index (χ0) is 20.3. The zero-order valence-electron chi connectivity index (χ0n) is 15.2. The summed E-state index contributed by atoms with van der Waals surface area (Å²) in [6.07, 6.45) is 2.58. The maximum Gasteiger partial charge on any atom is 0.255 e. The van der Waals surface area contributed by atoms with Crippen molar-refractivity contribution in [3.63, 3.8) is 0 Å². The van der Waals surface area contributed by atoms with E-state index in [-0.39, 0.29) is 21.9 Å². The lowest BCUT2D eigenvalue weighted by Crippen LogP contribution is -2.35. The molecule has 9 heteroatoms. The van der Waals surface area contributed by atoms with Gasteiger partial charge in [0.25, 0.3) is 5.91 Å². The van der Waals surface area contributed by atoms with Gasteiger partial charge in [-0.25, -0.2) is 17.2 Å². The van der Waals surface area contributed by atoms with Crippen molar-refractivity contribution in [2.75, 3.05) is 25.5 Å². The predicted octanol–water partition coefficient (Wildman–Crippen LogP) is 3.40. The number of hydrogen-bond donors (Lipinski definition) is 1. The molecule has 28 heavy (non-hydrogen) atoms. The number of hydrogen-bond acceptors (Lipinski definition) is 4. The summed E-state index contributed by atoms with van der Waals surface area (Å²) in [6, 6.07) is 6.55. The van der Waals surface area contributed by atoms with Crippen LogP contribution in [0.15, 0.2) is 41.3 Å². The number of benzene rings is 2. The van der Waals surface area contributed by atoms with E-state index >= 15 is 0 Å². The average Bonchev–Trinajstić information content (AvgIpc) is 2.67. The van der Waals surface area contributed by atoms with E-state index in [9.17, 15) is 22.0 Å². The molecule has 1 aliphatic heterocycles. The monoisotopic (exact) mass is 410 g/mol. The van der Waals surface area contributed by atoms with Crippen molar-refractivity contribution in [1.82, 2.24) is 4.31 Å². The van der Waals surface area contributed by atoms with Gasteiger partial charge in [-0.15, -0.1) is 0 Å². The first-order chi connectivity index (χ1) is 13.3. The van der Waals surface area contributed by atoms with Gasteiger partial charge in [-0.3, -0.25) is 4.79 Å². The van der Waals surface area contributed by atoms with Gasteiger partial charge in [0.1, 0.15) is 17.4 Å². The Balaban J connectivity index is 1.92. The molecule has 0 aliphatic carbocycles. The third-order valence-electron chi connectivity index (χ3n) is 4.50. The van der Waals surface area contributed by atoms with Crippen LogP contribution < -0.4 is 10.1 Å². The number of carbonyl (C=O) groups excluding carboxylic acids is 1. The highest BCUT2D eigenvalue weighted by molar-refractivity contribution is 7.89. The highest BCUT2D eigenvalue weighted by Gasteiger charge is 2.27. The summed E-state index contributed by atoms with van der Waals surface area (Å²) in [5.41, 5.74) is -0.140. The lowest BCUT2D eigenvalue weighted by atomic mass is 10.2. The Morgan fingerprint density at radius 1 is 1.04 bits per heavy atom. The molecule has 0 unspecified atom stereocenters. The average molecular weight is 410 g/mol. The Labute approximate surface area is 162 Å². The van der Waals surface area contributed by atoms with Gasteiger partial charge in [0.05, 0.1) is 17.7 Å². The molecule has 1 saturated heterocycles. The molecule has 0 spiro atoms. The highest BCUT2D eigenvalue weighted by atomic mass is 32.2. The van der Waals surface area contributed by atoms with E-state index in [0.29, 0.717) is 19.2 Å². The second-order valence-electron chi connectivity index (χ2n) is 6.44. The van der Waals surface area contributed by atoms with Crippen molar-refractivity contribution in [3.05, 3.63) is 53.6 Å². The molecule has 150 valence electrons. The van der Waals surface area contributed by atoms with Gasteiger partial charge in [-0.1, -0.05) is 6.42 Å². The van der Waals surface area contributed by atoms with Gasteiger partial charge in [-0.2, -0.15) is 4.31 Å². The van der Waals surface area contributed by atoms with Gasteiger partial charge in [0.15, 0.2) is 0 Å². The smallest absolute Gasteiger partial charge is 0.255 e. The number of sulfonamides is 1. The van der Waals surface area contributed by atoms with Crippen molar-refractivity contribution in [2.45, 2.75) is 24.2 Å². The molecule has 1 amide bonds. The van der Waals surface area contributed by atoms with Gasteiger partial charge in [0.2, 0.25) is 10.0 Å². The lowest BCUT2D eigenvalue weighted by molar-refractivity contribution is 0.102. The Hall–Kier alpha value is -2.52. The van der Waals surface area contributed by atoms with Crippen LogP contribution in [0.4, 0.5) is 14.5 Å². The zero-order valence-corrected chi connectivity index (χ0v) is 16.1. The van der Waals surface area contributed by atoms with Crippen LogP contribution in [0.5, 0.6) is 5.75 Å². The normalized spacial score (nSPS) is 15.2. The van der Waals surface area contributed by atoms with Crippen molar-refractivity contribution in [1.29, 1.82) is 0 Å². The first-order valence-corrected chi connectivity index (χ1v) is 10.2. The van der Waals surface area contributed by atoms with Gasteiger partial charge >= 0.3 is 0 Å². The number of anilines is 1. The molecule has 1 fully saturated rings. The lowest BCUT2D eigenvalue weighted by Gasteiger charge is -2.26. The third kappa shape index (κ3) is 4.31. The summed E-state index contributed by atoms with van der Waals surface area (Å²) in [6.45, 7) is 0.886. The first-order valence-electron chi connectivity index (χ1n) is 8.77. The molecule has 2 aromatic rings. The molecule has 0 saturated carbocycles. The molecule has 2 aromatic carbocycles. The van der Waals surface area contributed by atoms with E-state index in [1.54, 1.807) is 0 Å². The number of halogens is 2. The minimum Gasteiger partial charge on any atom is -0.495 e. The van der Waals surface area contributed by atoms with Gasteiger partial charge < -0.3 is 10.1 Å². The van der Waals surface area contributed by atoms with E-state index < -0.39 is 27.6 Å². The number of amides is 1. The fraction of sp³-hybridized carbons (Fsp3) is 0.316. The molecule has 1 heterocycles. The van der Waals surface area contributed by atoms with Crippen molar-refractivity contribution in [3.8, 4) is 5.75 Å². The van der Waals surface area contributed by atoms with Crippen LogP contribution in [-0.4, -0.2) is 38.8 Å². The molecule has 1 N–H and O–H groups in total. The quantitative estimate of drug-likeness (QED) is 0.820. The Morgan fingerprint density at radius 2 is 1.68 bits per heavy atom. The molecule has 0 radical (unpaired) electrons. The second kappa shape index (κ2) is 8.24. The maximum atomic E-state index is 13.4. The summed E-state index contributed by atoms with van der Waals surface area (Å²) in [4.78, 5) is 12.4. The number of piperidine rings is 1.